The Morgan fingerprint density at radius 3 is 0.851 bits per heavy atom. The Hall–Kier alpha value is -13.0. The van der Waals surface area contributed by atoms with Crippen molar-refractivity contribution >= 4 is 139 Å². The van der Waals surface area contributed by atoms with Crippen molar-refractivity contribution in [2.24, 2.45) is 17.4 Å². The van der Waals surface area contributed by atoms with Gasteiger partial charge in [-0.3, -0.25) is 0 Å². The summed E-state index contributed by atoms with van der Waals surface area (Å²) in [6.45, 7) is 25.7. The zero-order chi connectivity index (χ0) is 93.8. The van der Waals surface area contributed by atoms with Gasteiger partial charge in [0, 0.05) is 98.3 Å². The van der Waals surface area contributed by atoms with Gasteiger partial charge in [-0.2, -0.15) is 0 Å². The average Bonchev–Trinajstić information content (AvgIpc) is 1.61. The highest BCUT2D eigenvalue weighted by Gasteiger charge is 2.25. The van der Waals surface area contributed by atoms with Gasteiger partial charge in [0.2, 0.25) is 0 Å². The van der Waals surface area contributed by atoms with Crippen molar-refractivity contribution in [2.45, 2.75) is 242 Å². The number of anilines is 5. The first-order chi connectivity index (χ1) is 65.7. The lowest BCUT2D eigenvalue weighted by Crippen LogP contribution is -2.17. The van der Waals surface area contributed by atoms with Crippen LogP contribution in [-0.4, -0.2) is 99.4 Å². The van der Waals surface area contributed by atoms with Crippen LogP contribution in [0.1, 0.15) is 221 Å². The Bertz CT molecular complexity index is 6860. The predicted molar refractivity (Wildman–Crippen MR) is 561 cm³/mol. The average molecular weight is 1800 g/mol. The molecule has 0 aliphatic heterocycles. The second-order valence-corrected chi connectivity index (χ2v) is 35.0. The van der Waals surface area contributed by atoms with Gasteiger partial charge in [-0.1, -0.05) is 258 Å². The number of nitrogens with one attached hydrogen (secondary N) is 4. The van der Waals surface area contributed by atoms with Crippen LogP contribution in [0.25, 0.3) is 110 Å². The van der Waals surface area contributed by atoms with Crippen molar-refractivity contribution < 1.29 is 0 Å². The van der Waals surface area contributed by atoms with Crippen molar-refractivity contribution in [3.8, 4) is 0 Å². The third-order valence-corrected chi connectivity index (χ3v) is 25.3. The molecule has 8 aromatic carbocycles. The van der Waals surface area contributed by atoms with Crippen LogP contribution in [0.3, 0.4) is 0 Å². The van der Waals surface area contributed by atoms with Crippen LogP contribution in [0, 0.1) is 0 Å². The smallest absolute Gasteiger partial charge is 0.168 e. The molecule has 0 unspecified atom stereocenters. The zero-order valence-electron chi connectivity index (χ0n) is 80.3. The predicted octanol–water partition coefficient (Wildman–Crippen LogP) is 21.9. The molecule has 0 saturated carbocycles. The molecule has 0 aliphatic carbocycles. The fourth-order valence-electron chi connectivity index (χ4n) is 17.9. The van der Waals surface area contributed by atoms with Crippen molar-refractivity contribution in [1.82, 2.24) is 83.3 Å². The minimum absolute atomic E-state index is 0.515. The molecule has 18 aromatic rings. The van der Waals surface area contributed by atoms with Gasteiger partial charge in [0.05, 0.1) is 55.2 Å². The van der Waals surface area contributed by atoms with E-state index in [1.807, 2.05) is 73.8 Å². The van der Waals surface area contributed by atoms with E-state index in [2.05, 4.69) is 252 Å². The van der Waals surface area contributed by atoms with Gasteiger partial charge in [-0.05, 0) is 167 Å². The Morgan fingerprint density at radius 1 is 0.276 bits per heavy atom. The molecule has 16 N–H and O–H groups in total. The first-order valence-electron chi connectivity index (χ1n) is 49.1. The van der Waals surface area contributed by atoms with Crippen LogP contribution >= 0.6 is 0 Å². The second kappa shape index (κ2) is 48.1. The summed E-state index contributed by atoms with van der Waals surface area (Å²) in [7, 11) is 1.97. The fraction of sp³-hybridized carbons (Fsp3) is 0.376. The summed E-state index contributed by atoms with van der Waals surface area (Å²) in [5.41, 5.74) is 52.1. The molecule has 25 nitrogen and oxygen atoms in total. The van der Waals surface area contributed by atoms with Crippen LogP contribution in [0.5, 0.6) is 0 Å². The molecule has 0 spiro atoms. The molecule has 0 bridgehead atoms. The number of nitrogens with zero attached hydrogens (tertiary/aromatic N) is 15. The van der Waals surface area contributed by atoms with Gasteiger partial charge in [-0.15, -0.1) is 0 Å². The highest BCUT2D eigenvalue weighted by molar-refractivity contribution is 6.11. The maximum atomic E-state index is 6.28. The molecule has 0 radical (unpaired) electrons. The van der Waals surface area contributed by atoms with Crippen molar-refractivity contribution in [3.05, 3.63) is 257 Å². The van der Waals surface area contributed by atoms with E-state index in [9.17, 15) is 0 Å². The number of para-hydroxylation sites is 5. The summed E-state index contributed by atoms with van der Waals surface area (Å²) in [4.78, 5) is 47.6. The van der Waals surface area contributed by atoms with Crippen molar-refractivity contribution in [3.63, 3.8) is 0 Å². The van der Waals surface area contributed by atoms with E-state index in [4.69, 9.17) is 59.5 Å². The molecular weight excluding hydrogens is 1660 g/mol. The largest absolute Gasteiger partial charge is 0.382 e. The minimum atomic E-state index is 0.515. The van der Waals surface area contributed by atoms with E-state index in [0.717, 1.165) is 320 Å². The molecule has 25 heteroatoms. The zero-order valence-corrected chi connectivity index (χ0v) is 80.3. The van der Waals surface area contributed by atoms with Crippen LogP contribution in [-0.2, 0) is 84.2 Å². The number of imidazole rings is 5. The second-order valence-electron chi connectivity index (χ2n) is 35.0. The maximum Gasteiger partial charge on any atom is 0.168 e. The number of rotatable bonds is 39. The lowest BCUT2D eigenvalue weighted by molar-refractivity contribution is 0.552. The first kappa shape index (κ1) is 97.0. The van der Waals surface area contributed by atoms with Crippen LogP contribution in [0.4, 0.5) is 29.1 Å². The highest BCUT2D eigenvalue weighted by atomic mass is 15.3. The number of fused-ring (bicyclic) bond motifs is 15. The third kappa shape index (κ3) is 22.9. The number of nitrogen functional groups attached to an aromatic ring is 5. The van der Waals surface area contributed by atoms with E-state index in [1.165, 1.54) is 59.1 Å². The number of nitrogens with two attached hydrogens (primary N) is 6. The number of aromatic nitrogens is 15. The van der Waals surface area contributed by atoms with Gasteiger partial charge in [-0.25, -0.2) is 61.5 Å². The number of hydrogen-bond donors (Lipinski definition) is 10. The van der Waals surface area contributed by atoms with E-state index < -0.39 is 0 Å². The monoisotopic (exact) mass is 1800 g/mol. The van der Waals surface area contributed by atoms with Crippen molar-refractivity contribution in [2.75, 3.05) is 54.7 Å². The standard InChI is InChI=1S/C23H28N6.C23H27N5.C23H26N4.C22H33N5.C18H25N5/c1-3-4-9-20-27-21-22(18-7-5-6-8-19(18)26-23(21)28-24)29(20)15-17-12-10-16(11-13-17)14-25-2;1-3-5-10-20-26-21-22(18-8-6-7-9-19(18)25-23(21)27-24)28(20)15-17-13-11-16(4-2)12-14-17;1-3-5-10-20-26-21-22(18-8-6-7-9-19(18)25-23(21)24)27(20)15-17-13-11-16(4-2)12-14-17;1-3-5-13-19-26-20-21(17-11-7-8-12-18(17)25-22(20)23)27(19)16-10-9-15-24-14-6-4-2;1-2-3-10-15-22-16-17(23(15)12-7-6-11-19)13-8-4-5-9-14(13)21-18(16)20/h5-8,10-13,25H,3-4,9,14-15,24H2,1-2H3,(H,26,28);6-9,11-14H,3-5,10,15,24H2,1-2H3,(H,25,27);6-9,11-14H,3-5,10,15H2,1-2H3,(H2,24,25);7-8,11-12,24H,3-6,9-10,13-16H2,1-2H3,(H2,23,25);4-5,8-9H,2-3,6-7,10-12,19H2,1H3,(H2,20,21). The molecule has 0 amide bonds. The van der Waals surface area contributed by atoms with E-state index in [-0.39, 0.29) is 0 Å². The quantitative estimate of drug-likeness (QED) is 0.00972. The molecule has 134 heavy (non-hydrogen) atoms. The lowest BCUT2D eigenvalue weighted by Gasteiger charge is -2.12. The van der Waals surface area contributed by atoms with Gasteiger partial charge >= 0.3 is 0 Å². The Kier molecular flexibility index (Phi) is 34.8. The summed E-state index contributed by atoms with van der Waals surface area (Å²) in [6, 6.07) is 67.5. The summed E-state index contributed by atoms with van der Waals surface area (Å²) in [6.07, 6.45) is 25.1. The van der Waals surface area contributed by atoms with E-state index in [1.54, 1.807) is 0 Å². The molecule has 10 aromatic heterocycles. The number of aryl methyl sites for hydroxylation is 9. The topological polar surface area (TPSA) is 358 Å². The normalized spacial score (nSPS) is 11.5. The number of benzene rings is 8. The summed E-state index contributed by atoms with van der Waals surface area (Å²) >= 11 is 0. The summed E-state index contributed by atoms with van der Waals surface area (Å²) in [5.74, 6) is 19.9. The molecule has 0 fully saturated rings. The first-order valence-corrected chi connectivity index (χ1v) is 49.1. The van der Waals surface area contributed by atoms with Crippen LogP contribution in [0.15, 0.2) is 194 Å². The molecule has 18 rings (SSSR count). The fourth-order valence-corrected chi connectivity index (χ4v) is 17.9. The summed E-state index contributed by atoms with van der Waals surface area (Å²) in [5, 5.41) is 12.3. The number of unbranched alkanes of at least 4 members (excludes halogenated alkanes) is 8. The highest BCUT2D eigenvalue weighted by Crippen LogP contribution is 2.37. The van der Waals surface area contributed by atoms with Gasteiger partial charge in [0.15, 0.2) is 29.1 Å². The van der Waals surface area contributed by atoms with Crippen molar-refractivity contribution in [1.29, 1.82) is 0 Å². The Labute approximate surface area is 788 Å². The molecule has 0 aliphatic rings. The van der Waals surface area contributed by atoms with Gasteiger partial charge < -0.3 is 67.3 Å². The van der Waals surface area contributed by atoms with Gasteiger partial charge in [0.1, 0.15) is 56.7 Å². The number of hydrazine groups is 2. The van der Waals surface area contributed by atoms with E-state index in [0.29, 0.717) is 29.1 Å². The molecular formula is C109H139N25. The minimum Gasteiger partial charge on any atom is -0.382 e. The molecule has 700 valence electrons. The Morgan fingerprint density at radius 2 is 0.545 bits per heavy atom. The number of pyridine rings is 5. The molecule has 10 heterocycles. The van der Waals surface area contributed by atoms with E-state index >= 15 is 0 Å². The molecule has 0 atom stereocenters. The van der Waals surface area contributed by atoms with Gasteiger partial charge in [0.25, 0.3) is 0 Å². The lowest BCUT2D eigenvalue weighted by atomic mass is 10.1. The summed E-state index contributed by atoms with van der Waals surface area (Å²) < 4.78 is 11.8. The third-order valence-electron chi connectivity index (χ3n) is 25.3. The van der Waals surface area contributed by atoms with Crippen LogP contribution in [0.2, 0.25) is 0 Å². The molecule has 0 saturated heterocycles. The SMILES string of the molecule is CCCCNCCCCn1c(CCCC)nc2c(N)nc3ccccc3c21.CCCCc1nc2c(N)nc3ccccc3c2n1CCCCN.CCCCc1nc2c(N)nc3ccccc3c2n1Cc1ccc(CC)cc1.CCCCc1nc2c(NN)nc3ccccc3c2n1Cc1ccc(CC)cc1.CCCCc1nc2c(NN)nc3ccccc3c2n1Cc1ccc(CNC)cc1. The Balaban J connectivity index is 0.000000135. The number of hydrogen-bond acceptors (Lipinski definition) is 20. The maximum absolute atomic E-state index is 6.28. The van der Waals surface area contributed by atoms with Crippen LogP contribution < -0.4 is 56.1 Å².